The molecule has 12 nitrogen and oxygen atoms in total. The first-order valence-electron chi connectivity index (χ1n) is 9.83. The number of nitro benzene ring substituents is 2. The Hall–Kier alpha value is -3.61. The summed E-state index contributed by atoms with van der Waals surface area (Å²) in [5.41, 5.74) is 0.529. The van der Waals surface area contributed by atoms with Crippen molar-refractivity contribution in [1.82, 2.24) is 9.80 Å². The number of halogens is 1. The Bertz CT molecular complexity index is 946. The standard InChI is InChI=1S/C20H22N6O6.ClH/c27-19(21-15-3-1-5-17(11-15)25(29)30)13-23-7-9-24(10-8-23)14-20(28)22-16-4-2-6-18(12-16)26(31)32;/h1-6,11-12H,7-10,13-14H2,(H,21,27)(H,22,28);1H. The van der Waals surface area contributed by atoms with Crippen LogP contribution in [0.5, 0.6) is 0 Å². The van der Waals surface area contributed by atoms with Gasteiger partial charge in [0.1, 0.15) is 0 Å². The number of hydrogen-bond donors (Lipinski definition) is 2. The first-order chi connectivity index (χ1) is 15.3. The van der Waals surface area contributed by atoms with Gasteiger partial charge in [0.05, 0.1) is 22.9 Å². The molecular formula is C20H23ClN6O6. The van der Waals surface area contributed by atoms with Gasteiger partial charge in [-0.1, -0.05) is 12.1 Å². The number of carbonyl (C=O) groups is 2. The number of amides is 2. The lowest BCUT2D eigenvalue weighted by Crippen LogP contribution is -2.50. The summed E-state index contributed by atoms with van der Waals surface area (Å²) in [6, 6.07) is 11.5. The molecule has 1 aliphatic heterocycles. The molecule has 176 valence electrons. The minimum atomic E-state index is -0.524. The topological polar surface area (TPSA) is 151 Å². The highest BCUT2D eigenvalue weighted by atomic mass is 35.5. The second-order valence-corrected chi connectivity index (χ2v) is 7.26. The maximum atomic E-state index is 12.3. The summed E-state index contributed by atoms with van der Waals surface area (Å²) >= 11 is 0. The predicted molar refractivity (Wildman–Crippen MR) is 124 cm³/mol. The molecule has 2 amide bonds. The summed E-state index contributed by atoms with van der Waals surface area (Å²) in [4.78, 5) is 49.0. The number of benzene rings is 2. The molecule has 2 aromatic rings. The smallest absolute Gasteiger partial charge is 0.271 e. The van der Waals surface area contributed by atoms with Gasteiger partial charge in [-0.3, -0.25) is 39.6 Å². The number of piperazine rings is 1. The Morgan fingerprint density at radius 1 is 0.758 bits per heavy atom. The van der Waals surface area contributed by atoms with E-state index in [0.717, 1.165) is 0 Å². The molecule has 1 fully saturated rings. The number of carbonyl (C=O) groups excluding carboxylic acids is 2. The van der Waals surface area contributed by atoms with E-state index < -0.39 is 9.85 Å². The molecule has 1 heterocycles. The molecule has 0 saturated carbocycles. The molecule has 0 aliphatic carbocycles. The lowest BCUT2D eigenvalue weighted by atomic mass is 10.2. The van der Waals surface area contributed by atoms with Crippen molar-refractivity contribution in [1.29, 1.82) is 0 Å². The lowest BCUT2D eigenvalue weighted by Gasteiger charge is -2.33. The first-order valence-corrected chi connectivity index (χ1v) is 9.83. The molecule has 0 unspecified atom stereocenters. The van der Waals surface area contributed by atoms with Crippen molar-refractivity contribution >= 4 is 47.0 Å². The number of hydrogen-bond acceptors (Lipinski definition) is 8. The zero-order valence-corrected chi connectivity index (χ0v) is 18.3. The quantitative estimate of drug-likeness (QED) is 0.432. The van der Waals surface area contributed by atoms with Gasteiger partial charge in [0.2, 0.25) is 11.8 Å². The fraction of sp³-hybridized carbons (Fsp3) is 0.300. The summed E-state index contributed by atoms with van der Waals surface area (Å²) in [6.07, 6.45) is 0. The third-order valence-electron chi connectivity index (χ3n) is 4.88. The van der Waals surface area contributed by atoms with Crippen molar-refractivity contribution in [3.05, 3.63) is 68.8 Å². The zero-order valence-electron chi connectivity index (χ0n) is 17.5. The highest BCUT2D eigenvalue weighted by Gasteiger charge is 2.21. The molecule has 33 heavy (non-hydrogen) atoms. The van der Waals surface area contributed by atoms with Crippen LogP contribution in [0, 0.1) is 20.2 Å². The molecule has 0 atom stereocenters. The minimum absolute atomic E-state index is 0. The van der Waals surface area contributed by atoms with E-state index >= 15 is 0 Å². The van der Waals surface area contributed by atoms with Gasteiger partial charge in [-0.2, -0.15) is 0 Å². The highest BCUT2D eigenvalue weighted by Crippen LogP contribution is 2.18. The number of nitrogens with one attached hydrogen (secondary N) is 2. The van der Waals surface area contributed by atoms with E-state index in [9.17, 15) is 29.8 Å². The van der Waals surface area contributed by atoms with Crippen LogP contribution in [0.25, 0.3) is 0 Å². The number of non-ortho nitro benzene ring substituents is 2. The largest absolute Gasteiger partial charge is 0.325 e. The van der Waals surface area contributed by atoms with Crippen LogP contribution in [0.15, 0.2) is 48.5 Å². The van der Waals surface area contributed by atoms with E-state index in [1.54, 1.807) is 12.1 Å². The van der Waals surface area contributed by atoms with Crippen LogP contribution < -0.4 is 10.6 Å². The van der Waals surface area contributed by atoms with Crippen LogP contribution in [0.3, 0.4) is 0 Å². The second-order valence-electron chi connectivity index (χ2n) is 7.26. The Morgan fingerprint density at radius 3 is 1.45 bits per heavy atom. The molecule has 0 spiro atoms. The van der Waals surface area contributed by atoms with Gasteiger partial charge in [-0.15, -0.1) is 12.4 Å². The molecule has 3 rings (SSSR count). The van der Waals surface area contributed by atoms with Crippen molar-refractivity contribution in [3.63, 3.8) is 0 Å². The maximum Gasteiger partial charge on any atom is 0.271 e. The number of anilines is 2. The maximum absolute atomic E-state index is 12.3. The molecule has 1 aliphatic rings. The fourth-order valence-electron chi connectivity index (χ4n) is 3.31. The summed E-state index contributed by atoms with van der Waals surface area (Å²) in [7, 11) is 0. The average Bonchev–Trinajstić information content (AvgIpc) is 2.75. The average molecular weight is 479 g/mol. The monoisotopic (exact) mass is 478 g/mol. The van der Waals surface area contributed by atoms with Crippen LogP contribution in [0.1, 0.15) is 0 Å². The normalized spacial score (nSPS) is 14.1. The van der Waals surface area contributed by atoms with Crippen molar-refractivity contribution in [2.24, 2.45) is 0 Å². The van der Waals surface area contributed by atoms with Gasteiger partial charge < -0.3 is 10.6 Å². The van der Waals surface area contributed by atoms with Gasteiger partial charge in [-0.25, -0.2) is 0 Å². The van der Waals surface area contributed by atoms with Gasteiger partial charge in [0.15, 0.2) is 0 Å². The van der Waals surface area contributed by atoms with Crippen molar-refractivity contribution in [2.45, 2.75) is 0 Å². The molecule has 0 bridgehead atoms. The van der Waals surface area contributed by atoms with Crippen molar-refractivity contribution < 1.29 is 19.4 Å². The van der Waals surface area contributed by atoms with Crippen molar-refractivity contribution in [3.8, 4) is 0 Å². The molecular weight excluding hydrogens is 456 g/mol. The zero-order chi connectivity index (χ0) is 23.1. The molecule has 2 N–H and O–H groups in total. The highest BCUT2D eigenvalue weighted by molar-refractivity contribution is 5.93. The van der Waals surface area contributed by atoms with Crippen LogP contribution in [0.4, 0.5) is 22.7 Å². The van der Waals surface area contributed by atoms with Crippen LogP contribution in [0.2, 0.25) is 0 Å². The van der Waals surface area contributed by atoms with E-state index in [2.05, 4.69) is 10.6 Å². The summed E-state index contributed by atoms with van der Waals surface area (Å²) in [6.45, 7) is 2.57. The molecule has 0 aromatic heterocycles. The molecule has 0 radical (unpaired) electrons. The SMILES string of the molecule is Cl.O=C(CN1CCN(CC(=O)Nc2cccc([N+](=O)[O-])c2)CC1)Nc1cccc([N+](=O)[O-])c1. The first kappa shape index (κ1) is 25.6. The Balaban J connectivity index is 0.00000385. The van der Waals surface area contributed by atoms with E-state index in [4.69, 9.17) is 0 Å². The van der Waals surface area contributed by atoms with Gasteiger partial charge in [0, 0.05) is 61.8 Å². The van der Waals surface area contributed by atoms with Crippen molar-refractivity contribution in [2.75, 3.05) is 49.9 Å². The predicted octanol–water partition coefficient (Wildman–Crippen LogP) is 2.12. The summed E-state index contributed by atoms with van der Waals surface area (Å²) < 4.78 is 0. The summed E-state index contributed by atoms with van der Waals surface area (Å²) in [5, 5.41) is 27.0. The van der Waals surface area contributed by atoms with Crippen LogP contribution >= 0.6 is 12.4 Å². The van der Waals surface area contributed by atoms with Gasteiger partial charge in [-0.05, 0) is 12.1 Å². The van der Waals surface area contributed by atoms with E-state index in [-0.39, 0.29) is 48.7 Å². The van der Waals surface area contributed by atoms with Crippen LogP contribution in [-0.4, -0.2) is 70.7 Å². The number of rotatable bonds is 8. The van der Waals surface area contributed by atoms with E-state index in [0.29, 0.717) is 37.6 Å². The van der Waals surface area contributed by atoms with Gasteiger partial charge >= 0.3 is 0 Å². The Morgan fingerprint density at radius 2 is 1.12 bits per heavy atom. The lowest BCUT2D eigenvalue weighted by molar-refractivity contribution is -0.385. The second kappa shape index (κ2) is 11.9. The fourth-order valence-corrected chi connectivity index (χ4v) is 3.31. The number of nitro groups is 2. The molecule has 13 heteroatoms. The van der Waals surface area contributed by atoms with Gasteiger partial charge in [0.25, 0.3) is 11.4 Å². The number of nitrogens with zero attached hydrogens (tertiary/aromatic N) is 4. The molecule has 1 saturated heterocycles. The Kier molecular flexibility index (Phi) is 9.21. The summed E-state index contributed by atoms with van der Waals surface area (Å²) in [5.74, 6) is -0.551. The van der Waals surface area contributed by atoms with E-state index in [1.807, 2.05) is 9.80 Å². The van der Waals surface area contributed by atoms with Crippen LogP contribution in [-0.2, 0) is 9.59 Å². The minimum Gasteiger partial charge on any atom is -0.325 e. The third-order valence-corrected chi connectivity index (χ3v) is 4.88. The third kappa shape index (κ3) is 7.79. The Labute approximate surface area is 195 Å². The molecule has 2 aromatic carbocycles. The van der Waals surface area contributed by atoms with E-state index in [1.165, 1.54) is 36.4 Å².